The first-order valence-corrected chi connectivity index (χ1v) is 5.54. The van der Waals surface area contributed by atoms with E-state index in [1.807, 2.05) is 23.7 Å². The molecule has 0 amide bonds. The fraction of sp³-hybridized carbons (Fsp3) is 0. The van der Waals surface area contributed by atoms with Crippen LogP contribution in [0.5, 0.6) is 0 Å². The number of thiazole rings is 1. The van der Waals surface area contributed by atoms with Crippen LogP contribution in [-0.2, 0) is 0 Å². The van der Waals surface area contributed by atoms with Gasteiger partial charge in [0.2, 0.25) is 0 Å². The Morgan fingerprint density at radius 2 is 2.36 bits per heavy atom. The van der Waals surface area contributed by atoms with Crippen molar-refractivity contribution < 1.29 is 0 Å². The Hall–Kier alpha value is -0.250. The SMILES string of the molecule is ClSc1ccc2scnc2c1. The van der Waals surface area contributed by atoms with E-state index >= 15 is 0 Å². The summed E-state index contributed by atoms with van der Waals surface area (Å²) in [6.45, 7) is 0. The summed E-state index contributed by atoms with van der Waals surface area (Å²) < 4.78 is 1.21. The summed E-state index contributed by atoms with van der Waals surface area (Å²) in [4.78, 5) is 5.22. The summed E-state index contributed by atoms with van der Waals surface area (Å²) >= 11 is 1.64. The number of fused-ring (bicyclic) bond motifs is 1. The molecule has 2 rings (SSSR count). The average Bonchev–Trinajstić information content (AvgIpc) is 2.50. The Balaban J connectivity index is 2.67. The number of halogens is 1. The highest BCUT2D eigenvalue weighted by Crippen LogP contribution is 2.26. The van der Waals surface area contributed by atoms with Gasteiger partial charge in [-0.05, 0) is 39.9 Å². The number of hydrogen-bond donors (Lipinski definition) is 0. The van der Waals surface area contributed by atoms with Crippen LogP contribution in [0.25, 0.3) is 10.2 Å². The van der Waals surface area contributed by atoms with Crippen molar-refractivity contribution >= 4 is 43.2 Å². The van der Waals surface area contributed by atoms with Gasteiger partial charge in [-0.1, -0.05) is 0 Å². The van der Waals surface area contributed by atoms with E-state index in [0.29, 0.717) is 0 Å². The molecular formula is C7H4ClNS2. The summed E-state index contributed by atoms with van der Waals surface area (Å²) in [5, 5.41) is 0. The Morgan fingerprint density at radius 1 is 1.45 bits per heavy atom. The molecule has 1 heterocycles. The predicted molar refractivity (Wildman–Crippen MR) is 51.3 cm³/mol. The van der Waals surface area contributed by atoms with Crippen LogP contribution in [0.2, 0.25) is 0 Å². The Morgan fingerprint density at radius 3 is 3.18 bits per heavy atom. The molecule has 0 radical (unpaired) electrons. The molecule has 0 saturated carbocycles. The molecule has 1 aromatic heterocycles. The van der Waals surface area contributed by atoms with Gasteiger partial charge in [0.05, 0.1) is 15.7 Å². The van der Waals surface area contributed by atoms with Crippen molar-refractivity contribution in [3.8, 4) is 0 Å². The lowest BCUT2D eigenvalue weighted by atomic mass is 10.3. The van der Waals surface area contributed by atoms with Crippen LogP contribution < -0.4 is 0 Å². The molecule has 0 unspecified atom stereocenters. The molecule has 11 heavy (non-hydrogen) atoms. The van der Waals surface area contributed by atoms with E-state index in [2.05, 4.69) is 4.98 Å². The average molecular weight is 202 g/mol. The van der Waals surface area contributed by atoms with Crippen molar-refractivity contribution in [2.24, 2.45) is 0 Å². The van der Waals surface area contributed by atoms with Crippen LogP contribution in [0.3, 0.4) is 0 Å². The molecule has 0 N–H and O–H groups in total. The van der Waals surface area contributed by atoms with Crippen LogP contribution in [0.15, 0.2) is 28.6 Å². The van der Waals surface area contributed by atoms with Crippen molar-refractivity contribution in [3.63, 3.8) is 0 Å². The zero-order chi connectivity index (χ0) is 7.68. The molecule has 0 fully saturated rings. The molecule has 0 aliphatic heterocycles. The summed E-state index contributed by atoms with van der Waals surface area (Å²) in [6, 6.07) is 6.03. The lowest BCUT2D eigenvalue weighted by molar-refractivity contribution is 1.44. The van der Waals surface area contributed by atoms with E-state index in [1.165, 1.54) is 15.7 Å². The van der Waals surface area contributed by atoms with Crippen LogP contribution in [-0.4, -0.2) is 4.98 Å². The van der Waals surface area contributed by atoms with Crippen molar-refractivity contribution in [3.05, 3.63) is 23.7 Å². The minimum Gasteiger partial charge on any atom is -0.245 e. The molecule has 4 heteroatoms. The molecule has 0 atom stereocenters. The van der Waals surface area contributed by atoms with Gasteiger partial charge in [0.25, 0.3) is 0 Å². The molecule has 0 spiro atoms. The van der Waals surface area contributed by atoms with Gasteiger partial charge in [0, 0.05) is 4.90 Å². The van der Waals surface area contributed by atoms with Gasteiger partial charge in [0.15, 0.2) is 0 Å². The Kier molecular flexibility index (Phi) is 2.02. The van der Waals surface area contributed by atoms with E-state index in [4.69, 9.17) is 10.7 Å². The topological polar surface area (TPSA) is 12.9 Å². The minimum absolute atomic E-state index is 1.03. The third-order valence-corrected chi connectivity index (χ3v) is 3.17. The second-order valence-electron chi connectivity index (χ2n) is 2.06. The number of hydrogen-bond acceptors (Lipinski definition) is 3. The molecule has 0 saturated heterocycles. The molecular weight excluding hydrogens is 198 g/mol. The van der Waals surface area contributed by atoms with Gasteiger partial charge in [-0.15, -0.1) is 11.3 Å². The van der Waals surface area contributed by atoms with Gasteiger partial charge >= 0.3 is 0 Å². The first-order valence-electron chi connectivity index (χ1n) is 3.02. The zero-order valence-corrected chi connectivity index (χ0v) is 7.84. The Bertz CT molecular complexity index is 371. The van der Waals surface area contributed by atoms with Crippen molar-refractivity contribution in [2.45, 2.75) is 4.90 Å². The molecule has 56 valence electrons. The molecule has 1 nitrogen and oxygen atoms in total. The molecule has 0 bridgehead atoms. The molecule has 0 aliphatic carbocycles. The van der Waals surface area contributed by atoms with Gasteiger partial charge in [-0.25, -0.2) is 4.98 Å². The van der Waals surface area contributed by atoms with Gasteiger partial charge in [0.1, 0.15) is 0 Å². The van der Waals surface area contributed by atoms with E-state index in [0.717, 1.165) is 10.4 Å². The van der Waals surface area contributed by atoms with E-state index in [1.54, 1.807) is 11.3 Å². The number of benzene rings is 1. The number of nitrogens with zero attached hydrogens (tertiary/aromatic N) is 1. The maximum atomic E-state index is 5.59. The Labute approximate surface area is 76.9 Å². The lowest BCUT2D eigenvalue weighted by Gasteiger charge is -1.91. The largest absolute Gasteiger partial charge is 0.245 e. The van der Waals surface area contributed by atoms with E-state index in [-0.39, 0.29) is 0 Å². The standard InChI is InChI=1S/C7H4ClNS2/c8-11-5-1-2-7-6(3-5)9-4-10-7/h1-4H. The second kappa shape index (κ2) is 3.01. The third-order valence-electron chi connectivity index (χ3n) is 1.39. The fourth-order valence-corrected chi connectivity index (χ4v) is 2.11. The highest BCUT2D eigenvalue weighted by molar-refractivity contribution is 8.21. The van der Waals surface area contributed by atoms with Crippen molar-refractivity contribution in [2.75, 3.05) is 0 Å². The van der Waals surface area contributed by atoms with Crippen LogP contribution >= 0.6 is 33.0 Å². The lowest BCUT2D eigenvalue weighted by Crippen LogP contribution is -1.67. The first-order chi connectivity index (χ1) is 5.40. The fourth-order valence-electron chi connectivity index (χ4n) is 0.886. The van der Waals surface area contributed by atoms with Gasteiger partial charge in [-0.3, -0.25) is 0 Å². The summed E-state index contributed by atoms with van der Waals surface area (Å²) in [7, 11) is 6.81. The predicted octanol–water partition coefficient (Wildman–Crippen LogP) is 3.54. The summed E-state index contributed by atoms with van der Waals surface area (Å²) in [5.74, 6) is 0. The van der Waals surface area contributed by atoms with Crippen molar-refractivity contribution in [1.82, 2.24) is 4.98 Å². The maximum Gasteiger partial charge on any atom is 0.0823 e. The minimum atomic E-state index is 1.03. The van der Waals surface area contributed by atoms with Crippen LogP contribution in [0.4, 0.5) is 0 Å². The quantitative estimate of drug-likeness (QED) is 0.700. The zero-order valence-electron chi connectivity index (χ0n) is 5.45. The summed E-state index contributed by atoms with van der Waals surface area (Å²) in [6.07, 6.45) is 0. The molecule has 1 aromatic carbocycles. The van der Waals surface area contributed by atoms with Gasteiger partial charge in [-0.2, -0.15) is 0 Å². The first kappa shape index (κ1) is 7.40. The highest BCUT2D eigenvalue weighted by Gasteiger charge is 1.97. The molecule has 0 aliphatic rings. The molecule has 2 aromatic rings. The second-order valence-corrected chi connectivity index (χ2v) is 4.03. The highest BCUT2D eigenvalue weighted by atomic mass is 35.7. The maximum absolute atomic E-state index is 5.59. The summed E-state index contributed by atoms with van der Waals surface area (Å²) in [5.41, 5.74) is 2.87. The van der Waals surface area contributed by atoms with E-state index in [9.17, 15) is 0 Å². The smallest absolute Gasteiger partial charge is 0.0823 e. The van der Waals surface area contributed by atoms with Crippen molar-refractivity contribution in [1.29, 1.82) is 0 Å². The van der Waals surface area contributed by atoms with E-state index < -0.39 is 0 Å². The monoisotopic (exact) mass is 201 g/mol. The van der Waals surface area contributed by atoms with Crippen LogP contribution in [0.1, 0.15) is 0 Å². The normalized spacial score (nSPS) is 10.6. The number of aromatic nitrogens is 1. The number of rotatable bonds is 1. The van der Waals surface area contributed by atoms with Gasteiger partial charge < -0.3 is 0 Å². The third kappa shape index (κ3) is 1.36. The van der Waals surface area contributed by atoms with Crippen LogP contribution in [0, 0.1) is 0 Å².